The van der Waals surface area contributed by atoms with Crippen LogP contribution < -0.4 is 16.2 Å². The molecule has 0 atom stereocenters. The fraction of sp³-hybridized carbons (Fsp3) is 0.143. The number of anilines is 2. The van der Waals surface area contributed by atoms with Gasteiger partial charge >= 0.3 is 0 Å². The fourth-order valence-electron chi connectivity index (χ4n) is 10.2. The summed E-state index contributed by atoms with van der Waals surface area (Å²) in [7, 11) is 0.759. The van der Waals surface area contributed by atoms with Crippen LogP contribution in [0.3, 0.4) is 0 Å². The van der Waals surface area contributed by atoms with E-state index in [-0.39, 0.29) is 10.8 Å². The zero-order valence-corrected chi connectivity index (χ0v) is 36.5. The van der Waals surface area contributed by atoms with Crippen molar-refractivity contribution in [1.29, 1.82) is 0 Å². The molecule has 4 nitrogen and oxygen atoms in total. The number of aromatic nitrogens is 1. The van der Waals surface area contributed by atoms with Gasteiger partial charge in [-0.3, -0.25) is 0 Å². The molecule has 1 aliphatic heterocycles. The monoisotopic (exact) mass is 818 g/mol. The number of hydrogen-bond acceptors (Lipinski definition) is 4. The number of thiophene rings is 1. The zero-order chi connectivity index (χ0) is 41.8. The van der Waals surface area contributed by atoms with Crippen molar-refractivity contribution in [2.24, 2.45) is 0 Å². The molecule has 0 radical (unpaired) electrons. The summed E-state index contributed by atoms with van der Waals surface area (Å²) in [6.45, 7) is 13.6. The Kier molecular flexibility index (Phi) is 7.21. The Labute approximate surface area is 363 Å². The van der Waals surface area contributed by atoms with Gasteiger partial charge < -0.3 is 18.7 Å². The van der Waals surface area contributed by atoms with Crippen LogP contribution in [0.2, 0.25) is 0 Å². The van der Waals surface area contributed by atoms with E-state index in [0.717, 1.165) is 68.1 Å². The molecular formula is C56H43BN2O2S. The Balaban J connectivity index is 1.10. The molecule has 0 amide bonds. The Morgan fingerprint density at radius 1 is 0.500 bits per heavy atom. The second-order valence-corrected chi connectivity index (χ2v) is 20.5. The molecule has 1 N–H and O–H groups in total. The van der Waals surface area contributed by atoms with Gasteiger partial charge in [0.25, 0.3) is 0 Å². The summed E-state index contributed by atoms with van der Waals surface area (Å²) in [5.41, 5.74) is 16.9. The fourth-order valence-corrected chi connectivity index (χ4v) is 11.4. The lowest BCUT2D eigenvalue weighted by molar-refractivity contribution is 0.587. The highest BCUT2D eigenvalue weighted by Crippen LogP contribution is 2.45. The summed E-state index contributed by atoms with van der Waals surface area (Å²) >= 11 is 1.88. The van der Waals surface area contributed by atoms with E-state index in [1.54, 1.807) is 0 Å². The molecule has 298 valence electrons. The smallest absolute Gasteiger partial charge is 0.198 e. The number of rotatable bonds is 3. The van der Waals surface area contributed by atoms with Crippen LogP contribution in [-0.4, -0.2) is 11.8 Å². The normalized spacial score (nSPS) is 13.1. The molecule has 5 heterocycles. The van der Waals surface area contributed by atoms with Gasteiger partial charge in [-0.1, -0.05) is 120 Å². The van der Waals surface area contributed by atoms with Crippen molar-refractivity contribution in [3.05, 3.63) is 151 Å². The Hall–Kier alpha value is -6.76. The third kappa shape index (κ3) is 5.20. The maximum Gasteiger partial charge on any atom is 0.198 e. The Bertz CT molecular complexity index is 3880. The summed E-state index contributed by atoms with van der Waals surface area (Å²) in [6, 6.07) is 51.7. The van der Waals surface area contributed by atoms with E-state index in [0.29, 0.717) is 0 Å². The topological polar surface area (TPSA) is 43.2 Å². The minimum atomic E-state index is 0.00719. The van der Waals surface area contributed by atoms with Gasteiger partial charge in [0, 0.05) is 80.6 Å². The molecular weight excluding hydrogens is 776 g/mol. The predicted octanol–water partition coefficient (Wildman–Crippen LogP) is 14.7. The van der Waals surface area contributed by atoms with Crippen molar-refractivity contribution in [3.63, 3.8) is 0 Å². The van der Waals surface area contributed by atoms with E-state index in [4.69, 9.17) is 8.83 Å². The van der Waals surface area contributed by atoms with Gasteiger partial charge in [0.05, 0.1) is 5.52 Å². The van der Waals surface area contributed by atoms with Crippen LogP contribution in [0.15, 0.2) is 148 Å². The van der Waals surface area contributed by atoms with Gasteiger partial charge in [0.1, 0.15) is 22.3 Å². The standard InChI is InChI=1S/C56H43BN2O2S/c1-55(2,3)30-15-18-32(19-16-30)58-44-24-40-34-20-17-31(56(4,5)6)23-48(34)61-49(40)27-38(44)36-21-22-37-39-28-52-42(35-12-8-10-14-51(35)62-52)26-45(39)59-46-25-41-33-11-7-9-13-47(33)60-50(41)29-43(46)57-53(36)54(37)59/h7-29,57-58H,1-6H3. The van der Waals surface area contributed by atoms with Crippen LogP contribution in [0.4, 0.5) is 11.4 Å². The second kappa shape index (κ2) is 12.4. The maximum atomic E-state index is 6.81. The molecule has 8 aromatic carbocycles. The Morgan fingerprint density at radius 3 is 2.00 bits per heavy atom. The number of hydrogen-bond donors (Lipinski definition) is 1. The van der Waals surface area contributed by atoms with E-state index >= 15 is 0 Å². The van der Waals surface area contributed by atoms with E-state index in [2.05, 4.69) is 191 Å². The van der Waals surface area contributed by atoms with Crippen molar-refractivity contribution in [2.45, 2.75) is 52.4 Å². The van der Waals surface area contributed by atoms with E-state index < -0.39 is 0 Å². The summed E-state index contributed by atoms with van der Waals surface area (Å²) < 4.78 is 18.6. The molecule has 0 saturated heterocycles. The molecule has 6 heteroatoms. The number of para-hydroxylation sites is 1. The molecule has 12 aromatic rings. The van der Waals surface area contributed by atoms with Gasteiger partial charge in [-0.2, -0.15) is 0 Å². The Morgan fingerprint density at radius 2 is 1.18 bits per heavy atom. The number of fused-ring (bicyclic) bond motifs is 14. The third-order valence-corrected chi connectivity index (χ3v) is 14.6. The van der Waals surface area contributed by atoms with E-state index in [1.165, 1.54) is 75.3 Å². The number of benzene rings is 8. The molecule has 1 aliphatic rings. The quantitative estimate of drug-likeness (QED) is 0.181. The average Bonchev–Trinajstić information content (AvgIpc) is 4.00. The van der Waals surface area contributed by atoms with Crippen molar-refractivity contribution < 1.29 is 8.83 Å². The lowest BCUT2D eigenvalue weighted by Gasteiger charge is -2.24. The molecule has 0 fully saturated rings. The van der Waals surface area contributed by atoms with Gasteiger partial charge in [0.15, 0.2) is 7.28 Å². The zero-order valence-electron chi connectivity index (χ0n) is 35.7. The first kappa shape index (κ1) is 35.9. The maximum absolute atomic E-state index is 6.81. The van der Waals surface area contributed by atoms with Crippen LogP contribution in [-0.2, 0) is 10.8 Å². The van der Waals surface area contributed by atoms with Crippen molar-refractivity contribution in [3.8, 4) is 16.8 Å². The lowest BCUT2D eigenvalue weighted by Crippen LogP contribution is -2.37. The minimum absolute atomic E-state index is 0.00719. The van der Waals surface area contributed by atoms with Crippen LogP contribution in [0.5, 0.6) is 0 Å². The van der Waals surface area contributed by atoms with E-state index in [9.17, 15) is 0 Å². The number of furan rings is 2. The predicted molar refractivity (Wildman–Crippen MR) is 267 cm³/mol. The molecule has 4 aromatic heterocycles. The lowest BCUT2D eigenvalue weighted by atomic mass is 9.59. The molecule has 0 saturated carbocycles. The van der Waals surface area contributed by atoms with Gasteiger partial charge in [-0.25, -0.2) is 0 Å². The molecule has 13 rings (SSSR count). The van der Waals surface area contributed by atoms with Gasteiger partial charge in [0.2, 0.25) is 0 Å². The van der Waals surface area contributed by atoms with Crippen molar-refractivity contribution >= 4 is 127 Å². The van der Waals surface area contributed by atoms with E-state index in [1.807, 2.05) is 11.3 Å². The molecule has 0 spiro atoms. The summed E-state index contributed by atoms with van der Waals surface area (Å²) in [4.78, 5) is 0. The molecule has 0 aliphatic carbocycles. The number of nitrogens with one attached hydrogen (secondary N) is 1. The molecule has 0 bridgehead atoms. The average molecular weight is 819 g/mol. The van der Waals surface area contributed by atoms with Crippen LogP contribution in [0, 0.1) is 0 Å². The molecule has 62 heavy (non-hydrogen) atoms. The second-order valence-electron chi connectivity index (χ2n) is 19.4. The number of nitrogens with zero attached hydrogens (tertiary/aromatic N) is 1. The SMILES string of the molecule is CC(C)(C)c1ccc(Nc2cc3c(cc2-c2ccc4c5cc6sc7ccccc7c6cc5n5c4c2Bc2cc4oc6ccccc6c4cc2-5)oc2cc(C(C)(C)C)ccc23)cc1. The summed E-state index contributed by atoms with van der Waals surface area (Å²) in [5.74, 6) is 0. The molecule has 0 unspecified atom stereocenters. The summed E-state index contributed by atoms with van der Waals surface area (Å²) in [6.07, 6.45) is 0. The van der Waals surface area contributed by atoms with Crippen molar-refractivity contribution in [1.82, 2.24) is 4.57 Å². The first-order valence-corrected chi connectivity index (χ1v) is 22.5. The minimum Gasteiger partial charge on any atom is -0.456 e. The van der Waals surface area contributed by atoms with Gasteiger partial charge in [-0.05, 0) is 99.7 Å². The summed E-state index contributed by atoms with van der Waals surface area (Å²) in [5, 5.41) is 13.6. The highest BCUT2D eigenvalue weighted by atomic mass is 32.1. The van der Waals surface area contributed by atoms with Crippen LogP contribution in [0.25, 0.3) is 103 Å². The highest BCUT2D eigenvalue weighted by Gasteiger charge is 2.29. The van der Waals surface area contributed by atoms with Crippen LogP contribution >= 0.6 is 11.3 Å². The van der Waals surface area contributed by atoms with Gasteiger partial charge in [-0.15, -0.1) is 11.3 Å². The van der Waals surface area contributed by atoms with Crippen LogP contribution in [0.1, 0.15) is 52.7 Å². The third-order valence-electron chi connectivity index (χ3n) is 13.5. The first-order valence-electron chi connectivity index (χ1n) is 21.7. The van der Waals surface area contributed by atoms with Crippen molar-refractivity contribution in [2.75, 3.05) is 5.32 Å². The highest BCUT2D eigenvalue weighted by molar-refractivity contribution is 7.25. The largest absolute Gasteiger partial charge is 0.456 e. The first-order chi connectivity index (χ1) is 29.9.